The highest BCUT2D eigenvalue weighted by atomic mass is 35.5. The molecule has 0 radical (unpaired) electrons. The second-order valence-electron chi connectivity index (χ2n) is 4.61. The first-order valence-corrected chi connectivity index (χ1v) is 8.93. The number of rotatable bonds is 5. The first kappa shape index (κ1) is 15.3. The number of hydrogen-bond donors (Lipinski definition) is 2. The van der Waals surface area contributed by atoms with Crippen LogP contribution in [0.25, 0.3) is 10.6 Å². The summed E-state index contributed by atoms with van der Waals surface area (Å²) in [5.41, 5.74) is 2.80. The van der Waals surface area contributed by atoms with Crippen LogP contribution in [0.3, 0.4) is 0 Å². The van der Waals surface area contributed by atoms with Gasteiger partial charge in [-0.15, -0.1) is 11.3 Å². The molecule has 0 atom stereocenters. The van der Waals surface area contributed by atoms with E-state index in [0.717, 1.165) is 38.8 Å². The number of nitrogens with zero attached hydrogens (tertiary/aromatic N) is 2. The van der Waals surface area contributed by atoms with E-state index in [1.165, 1.54) is 0 Å². The summed E-state index contributed by atoms with van der Waals surface area (Å²) < 4.78 is 0. The number of nitrogens with one attached hydrogen (secondary N) is 2. The molecule has 3 rings (SSSR count). The fourth-order valence-electron chi connectivity index (χ4n) is 1.97. The van der Waals surface area contributed by atoms with Crippen molar-refractivity contribution in [2.24, 2.45) is 0 Å². The number of halogens is 1. The fourth-order valence-corrected chi connectivity index (χ4v) is 3.94. The van der Waals surface area contributed by atoms with Crippen LogP contribution in [0.5, 0.6) is 0 Å². The molecule has 0 saturated heterocycles. The molecule has 0 aliphatic heterocycles. The van der Waals surface area contributed by atoms with Gasteiger partial charge in [0.05, 0.1) is 27.0 Å². The van der Waals surface area contributed by atoms with Crippen molar-refractivity contribution in [2.75, 3.05) is 17.2 Å². The Hall–Kier alpha value is -1.63. The highest BCUT2D eigenvalue weighted by molar-refractivity contribution is 7.19. The van der Waals surface area contributed by atoms with Gasteiger partial charge in [-0.3, -0.25) is 0 Å². The zero-order valence-corrected chi connectivity index (χ0v) is 14.6. The van der Waals surface area contributed by atoms with Crippen molar-refractivity contribution in [2.45, 2.75) is 13.8 Å². The Morgan fingerprint density at radius 3 is 2.77 bits per heavy atom. The third kappa shape index (κ3) is 3.24. The molecule has 0 spiro atoms. The normalized spacial score (nSPS) is 10.7. The summed E-state index contributed by atoms with van der Waals surface area (Å²) in [6.45, 7) is 4.93. The van der Waals surface area contributed by atoms with Gasteiger partial charge in [-0.05, 0) is 26.0 Å². The lowest BCUT2D eigenvalue weighted by atomic mass is 10.3. The van der Waals surface area contributed by atoms with Crippen molar-refractivity contribution in [3.8, 4) is 10.6 Å². The predicted molar refractivity (Wildman–Crippen MR) is 96.9 cm³/mol. The lowest BCUT2D eigenvalue weighted by Gasteiger charge is -2.03. The van der Waals surface area contributed by atoms with Crippen LogP contribution >= 0.6 is 34.3 Å². The van der Waals surface area contributed by atoms with E-state index < -0.39 is 0 Å². The van der Waals surface area contributed by atoms with Crippen LogP contribution in [-0.4, -0.2) is 16.5 Å². The minimum atomic E-state index is 0.683. The first-order valence-electron chi connectivity index (χ1n) is 6.86. The quantitative estimate of drug-likeness (QED) is 0.646. The number of hydrogen-bond acceptors (Lipinski definition) is 6. The summed E-state index contributed by atoms with van der Waals surface area (Å²) >= 11 is 9.34. The van der Waals surface area contributed by atoms with Gasteiger partial charge < -0.3 is 10.6 Å². The van der Waals surface area contributed by atoms with E-state index in [2.05, 4.69) is 27.5 Å². The number of aryl methyl sites for hydroxylation is 1. The topological polar surface area (TPSA) is 49.8 Å². The molecule has 2 heterocycles. The van der Waals surface area contributed by atoms with Crippen LogP contribution in [0.1, 0.15) is 12.6 Å². The van der Waals surface area contributed by atoms with E-state index in [0.29, 0.717) is 5.02 Å². The van der Waals surface area contributed by atoms with Crippen molar-refractivity contribution < 1.29 is 0 Å². The molecule has 0 bridgehead atoms. The first-order chi connectivity index (χ1) is 10.7. The Bertz CT molecular complexity index is 781. The van der Waals surface area contributed by atoms with Crippen molar-refractivity contribution >= 4 is 50.2 Å². The number of anilines is 3. The lowest BCUT2D eigenvalue weighted by molar-refractivity contribution is 1.17. The SMILES string of the molecule is CCNc1nc(C)c(-c2csc(Nc3ccccc3Cl)n2)s1. The van der Waals surface area contributed by atoms with E-state index >= 15 is 0 Å². The number of para-hydroxylation sites is 1. The minimum Gasteiger partial charge on any atom is -0.362 e. The summed E-state index contributed by atoms with van der Waals surface area (Å²) in [5, 5.41) is 11.0. The molecular formula is C15H15ClN4S2. The highest BCUT2D eigenvalue weighted by Gasteiger charge is 2.13. The summed E-state index contributed by atoms with van der Waals surface area (Å²) in [6.07, 6.45) is 0. The third-order valence-electron chi connectivity index (χ3n) is 2.98. The average Bonchev–Trinajstić information content (AvgIpc) is 3.09. The molecule has 0 unspecified atom stereocenters. The highest BCUT2D eigenvalue weighted by Crippen LogP contribution is 2.35. The molecule has 1 aromatic carbocycles. The molecule has 0 saturated carbocycles. The van der Waals surface area contributed by atoms with Gasteiger partial charge in [-0.1, -0.05) is 35.1 Å². The van der Waals surface area contributed by atoms with E-state index in [-0.39, 0.29) is 0 Å². The molecule has 22 heavy (non-hydrogen) atoms. The van der Waals surface area contributed by atoms with Crippen LogP contribution < -0.4 is 10.6 Å². The predicted octanol–water partition coefficient (Wildman–Crippen LogP) is 5.40. The number of thiazole rings is 2. The summed E-state index contributed by atoms with van der Waals surface area (Å²) in [6, 6.07) is 7.64. The number of aromatic nitrogens is 2. The second-order valence-corrected chi connectivity index (χ2v) is 6.87. The molecule has 2 N–H and O–H groups in total. The maximum Gasteiger partial charge on any atom is 0.187 e. The van der Waals surface area contributed by atoms with Gasteiger partial charge in [0.2, 0.25) is 0 Å². The van der Waals surface area contributed by atoms with Crippen LogP contribution in [0.4, 0.5) is 16.0 Å². The van der Waals surface area contributed by atoms with Crippen molar-refractivity contribution in [3.63, 3.8) is 0 Å². The largest absolute Gasteiger partial charge is 0.362 e. The van der Waals surface area contributed by atoms with Gasteiger partial charge in [0, 0.05) is 11.9 Å². The molecule has 2 aromatic heterocycles. The second kappa shape index (κ2) is 6.64. The Morgan fingerprint density at radius 1 is 1.18 bits per heavy atom. The molecule has 4 nitrogen and oxygen atoms in total. The molecule has 0 amide bonds. The van der Waals surface area contributed by atoms with E-state index in [1.807, 2.05) is 36.6 Å². The van der Waals surface area contributed by atoms with Crippen LogP contribution in [0, 0.1) is 6.92 Å². The van der Waals surface area contributed by atoms with Gasteiger partial charge >= 0.3 is 0 Å². The zero-order chi connectivity index (χ0) is 15.5. The number of benzene rings is 1. The molecule has 0 aliphatic rings. The maximum atomic E-state index is 6.16. The lowest BCUT2D eigenvalue weighted by Crippen LogP contribution is -1.94. The van der Waals surface area contributed by atoms with Gasteiger partial charge in [-0.25, -0.2) is 9.97 Å². The van der Waals surface area contributed by atoms with Crippen molar-refractivity contribution in [3.05, 3.63) is 40.4 Å². The van der Waals surface area contributed by atoms with Gasteiger partial charge in [0.1, 0.15) is 0 Å². The molecule has 0 fully saturated rings. The Balaban J connectivity index is 1.83. The van der Waals surface area contributed by atoms with Gasteiger partial charge in [-0.2, -0.15) is 0 Å². The van der Waals surface area contributed by atoms with Crippen LogP contribution in [0.2, 0.25) is 5.02 Å². The van der Waals surface area contributed by atoms with E-state index in [9.17, 15) is 0 Å². The van der Waals surface area contributed by atoms with Gasteiger partial charge in [0.15, 0.2) is 10.3 Å². The minimum absolute atomic E-state index is 0.683. The van der Waals surface area contributed by atoms with E-state index in [4.69, 9.17) is 11.6 Å². The van der Waals surface area contributed by atoms with Crippen LogP contribution in [0.15, 0.2) is 29.6 Å². The standard InChI is InChI=1S/C15H15ClN4S2/c1-3-17-14-18-9(2)13(22-14)12-8-21-15(20-12)19-11-7-5-4-6-10(11)16/h4-8H,3H2,1-2H3,(H,17,18)(H,19,20). The van der Waals surface area contributed by atoms with Crippen LogP contribution in [-0.2, 0) is 0 Å². The average molecular weight is 351 g/mol. The zero-order valence-electron chi connectivity index (χ0n) is 12.2. The smallest absolute Gasteiger partial charge is 0.187 e. The Labute approximate surface area is 142 Å². The molecule has 7 heteroatoms. The summed E-state index contributed by atoms with van der Waals surface area (Å²) in [5.74, 6) is 0. The Kier molecular flexibility index (Phi) is 4.61. The molecule has 114 valence electrons. The van der Waals surface area contributed by atoms with Crippen molar-refractivity contribution in [1.82, 2.24) is 9.97 Å². The summed E-state index contributed by atoms with van der Waals surface area (Å²) in [4.78, 5) is 10.3. The fraction of sp³-hybridized carbons (Fsp3) is 0.200. The monoisotopic (exact) mass is 350 g/mol. The third-order valence-corrected chi connectivity index (χ3v) is 5.20. The Morgan fingerprint density at radius 2 is 2.00 bits per heavy atom. The summed E-state index contributed by atoms with van der Waals surface area (Å²) in [7, 11) is 0. The van der Waals surface area contributed by atoms with Crippen molar-refractivity contribution in [1.29, 1.82) is 0 Å². The maximum absolute atomic E-state index is 6.16. The molecular weight excluding hydrogens is 336 g/mol. The van der Waals surface area contributed by atoms with E-state index in [1.54, 1.807) is 22.7 Å². The molecule has 0 aliphatic carbocycles. The molecule has 3 aromatic rings. The van der Waals surface area contributed by atoms with Gasteiger partial charge in [0.25, 0.3) is 0 Å².